The second-order valence-corrected chi connectivity index (χ2v) is 6.49. The molecule has 2 aromatic rings. The Bertz CT molecular complexity index is 858. The highest BCUT2D eigenvalue weighted by atomic mass is 16.6. The molecule has 1 aliphatic heterocycles. The number of methoxy groups -OCH3 is 1. The van der Waals surface area contributed by atoms with Crippen molar-refractivity contribution in [2.45, 2.75) is 18.8 Å². The first-order valence-corrected chi connectivity index (χ1v) is 8.71. The van der Waals surface area contributed by atoms with Gasteiger partial charge in [0, 0.05) is 30.8 Å². The van der Waals surface area contributed by atoms with Crippen molar-refractivity contribution in [3.63, 3.8) is 0 Å². The first-order chi connectivity index (χ1) is 13.0. The number of nitro groups is 1. The number of hydrogen-bond donors (Lipinski definition) is 0. The smallest absolute Gasteiger partial charge is 0.338 e. The standard InChI is InChI=1S/C20H20N2O5/c1-27-20(24)17-11-16(12-18(13-17)22(25)26)19(23)21-9-7-15(8-10-21)14-5-3-2-4-6-14/h2-6,11-13,15H,7-10H2,1H3. The van der Waals surface area contributed by atoms with Gasteiger partial charge in [0.25, 0.3) is 11.6 Å². The van der Waals surface area contributed by atoms with E-state index in [4.69, 9.17) is 0 Å². The van der Waals surface area contributed by atoms with Crippen LogP contribution >= 0.6 is 0 Å². The van der Waals surface area contributed by atoms with E-state index in [1.54, 1.807) is 4.90 Å². The van der Waals surface area contributed by atoms with E-state index in [1.807, 2.05) is 18.2 Å². The van der Waals surface area contributed by atoms with E-state index < -0.39 is 10.9 Å². The van der Waals surface area contributed by atoms with Crippen LogP contribution in [0.1, 0.15) is 45.0 Å². The summed E-state index contributed by atoms with van der Waals surface area (Å²) in [4.78, 5) is 36.8. The number of esters is 1. The van der Waals surface area contributed by atoms with Gasteiger partial charge in [0.05, 0.1) is 17.6 Å². The predicted molar refractivity (Wildman–Crippen MR) is 98.8 cm³/mol. The first-order valence-electron chi connectivity index (χ1n) is 8.71. The molecule has 0 radical (unpaired) electrons. The third-order valence-corrected chi connectivity index (χ3v) is 4.85. The van der Waals surface area contributed by atoms with Gasteiger partial charge in [-0.2, -0.15) is 0 Å². The number of nitro benzene ring substituents is 1. The molecule has 7 heteroatoms. The summed E-state index contributed by atoms with van der Waals surface area (Å²) in [5.74, 6) is -0.628. The first kappa shape index (κ1) is 18.6. The summed E-state index contributed by atoms with van der Waals surface area (Å²) in [7, 11) is 1.19. The average Bonchev–Trinajstić information content (AvgIpc) is 2.73. The Morgan fingerprint density at radius 1 is 1.07 bits per heavy atom. The van der Waals surface area contributed by atoms with Gasteiger partial charge in [-0.05, 0) is 30.4 Å². The maximum Gasteiger partial charge on any atom is 0.338 e. The number of likely N-dealkylation sites (tertiary alicyclic amines) is 1. The van der Waals surface area contributed by atoms with Gasteiger partial charge in [-0.25, -0.2) is 4.79 Å². The highest BCUT2D eigenvalue weighted by molar-refractivity contribution is 5.99. The van der Waals surface area contributed by atoms with Crippen LogP contribution in [0.4, 0.5) is 5.69 Å². The monoisotopic (exact) mass is 368 g/mol. The fraction of sp³-hybridized carbons (Fsp3) is 0.300. The maximum atomic E-state index is 12.8. The van der Waals surface area contributed by atoms with E-state index in [1.165, 1.54) is 24.8 Å². The fourth-order valence-electron chi connectivity index (χ4n) is 3.40. The lowest BCUT2D eigenvalue weighted by atomic mass is 9.89. The topological polar surface area (TPSA) is 89.8 Å². The number of nitrogens with zero attached hydrogens (tertiary/aromatic N) is 2. The van der Waals surface area contributed by atoms with Crippen molar-refractivity contribution in [1.29, 1.82) is 0 Å². The van der Waals surface area contributed by atoms with E-state index in [-0.39, 0.29) is 22.7 Å². The Hall–Kier alpha value is -3.22. The SMILES string of the molecule is COC(=O)c1cc(C(=O)N2CCC(c3ccccc3)CC2)cc([N+](=O)[O-])c1. The van der Waals surface area contributed by atoms with Gasteiger partial charge in [0.2, 0.25) is 0 Å². The Kier molecular flexibility index (Phi) is 5.49. The second kappa shape index (κ2) is 7.99. The summed E-state index contributed by atoms with van der Waals surface area (Å²) >= 11 is 0. The van der Waals surface area contributed by atoms with Crippen LogP contribution in [-0.2, 0) is 4.74 Å². The van der Waals surface area contributed by atoms with Crippen LogP contribution in [0.5, 0.6) is 0 Å². The highest BCUT2D eigenvalue weighted by Gasteiger charge is 2.26. The molecule has 1 heterocycles. The normalized spacial score (nSPS) is 14.6. The van der Waals surface area contributed by atoms with Crippen molar-refractivity contribution in [2.24, 2.45) is 0 Å². The molecule has 140 valence electrons. The number of piperidine rings is 1. The largest absolute Gasteiger partial charge is 0.465 e. The quantitative estimate of drug-likeness (QED) is 0.469. The van der Waals surface area contributed by atoms with Crippen molar-refractivity contribution >= 4 is 17.6 Å². The second-order valence-electron chi connectivity index (χ2n) is 6.49. The van der Waals surface area contributed by atoms with E-state index >= 15 is 0 Å². The molecule has 0 aliphatic carbocycles. The van der Waals surface area contributed by atoms with Gasteiger partial charge < -0.3 is 9.64 Å². The fourth-order valence-corrected chi connectivity index (χ4v) is 3.40. The number of non-ortho nitro benzene ring substituents is 1. The Morgan fingerprint density at radius 2 is 1.70 bits per heavy atom. The molecule has 1 aliphatic rings. The van der Waals surface area contributed by atoms with E-state index in [0.717, 1.165) is 18.9 Å². The summed E-state index contributed by atoms with van der Waals surface area (Å²) in [6.07, 6.45) is 1.66. The van der Waals surface area contributed by atoms with E-state index in [0.29, 0.717) is 19.0 Å². The predicted octanol–water partition coefficient (Wildman–Crippen LogP) is 3.40. The molecule has 1 fully saturated rings. The van der Waals surface area contributed by atoms with Crippen LogP contribution in [0, 0.1) is 10.1 Å². The van der Waals surface area contributed by atoms with E-state index in [9.17, 15) is 19.7 Å². The molecule has 0 N–H and O–H groups in total. The number of hydrogen-bond acceptors (Lipinski definition) is 5. The van der Waals surface area contributed by atoms with Gasteiger partial charge in [-0.1, -0.05) is 30.3 Å². The number of amides is 1. The lowest BCUT2D eigenvalue weighted by molar-refractivity contribution is -0.384. The Balaban J connectivity index is 1.77. The van der Waals surface area contributed by atoms with Gasteiger partial charge in [0.1, 0.15) is 0 Å². The Labute approximate surface area is 156 Å². The van der Waals surface area contributed by atoms with Gasteiger partial charge in [-0.3, -0.25) is 14.9 Å². The molecule has 27 heavy (non-hydrogen) atoms. The number of rotatable bonds is 4. The van der Waals surface area contributed by atoms with Crippen LogP contribution in [0.25, 0.3) is 0 Å². The van der Waals surface area contributed by atoms with Crippen molar-refractivity contribution in [2.75, 3.05) is 20.2 Å². The third kappa shape index (κ3) is 4.13. The van der Waals surface area contributed by atoms with Crippen molar-refractivity contribution in [3.05, 3.63) is 75.3 Å². The average molecular weight is 368 g/mol. The zero-order valence-electron chi connectivity index (χ0n) is 15.0. The zero-order valence-corrected chi connectivity index (χ0v) is 15.0. The Morgan fingerprint density at radius 3 is 2.30 bits per heavy atom. The van der Waals surface area contributed by atoms with Crippen LogP contribution in [0.2, 0.25) is 0 Å². The molecule has 0 atom stereocenters. The van der Waals surface area contributed by atoms with Crippen molar-refractivity contribution in [3.8, 4) is 0 Å². The minimum atomic E-state index is -0.712. The summed E-state index contributed by atoms with van der Waals surface area (Å²) in [6, 6.07) is 13.8. The molecule has 2 aromatic carbocycles. The molecule has 0 unspecified atom stereocenters. The van der Waals surface area contributed by atoms with E-state index in [2.05, 4.69) is 16.9 Å². The molecule has 1 saturated heterocycles. The van der Waals surface area contributed by atoms with Crippen LogP contribution < -0.4 is 0 Å². The third-order valence-electron chi connectivity index (χ3n) is 4.85. The van der Waals surface area contributed by atoms with Crippen molar-refractivity contribution in [1.82, 2.24) is 4.90 Å². The molecule has 0 saturated carbocycles. The number of benzene rings is 2. The summed E-state index contributed by atoms with van der Waals surface area (Å²) in [5.41, 5.74) is 1.07. The number of carbonyl (C=O) groups is 2. The lowest BCUT2D eigenvalue weighted by Crippen LogP contribution is -2.38. The zero-order chi connectivity index (χ0) is 19.4. The minimum absolute atomic E-state index is 0.00535. The lowest BCUT2D eigenvalue weighted by Gasteiger charge is -2.32. The number of ether oxygens (including phenoxy) is 1. The summed E-state index contributed by atoms with van der Waals surface area (Å²) in [6.45, 7) is 1.13. The van der Waals surface area contributed by atoms with Crippen LogP contribution in [0.3, 0.4) is 0 Å². The van der Waals surface area contributed by atoms with Crippen LogP contribution in [-0.4, -0.2) is 41.9 Å². The van der Waals surface area contributed by atoms with Crippen LogP contribution in [0.15, 0.2) is 48.5 Å². The maximum absolute atomic E-state index is 12.8. The molecule has 1 amide bonds. The van der Waals surface area contributed by atoms with Crippen molar-refractivity contribution < 1.29 is 19.2 Å². The molecular formula is C20H20N2O5. The molecule has 7 nitrogen and oxygen atoms in total. The van der Waals surface area contributed by atoms with Gasteiger partial charge in [0.15, 0.2) is 0 Å². The molecule has 0 spiro atoms. The highest BCUT2D eigenvalue weighted by Crippen LogP contribution is 2.29. The molecular weight excluding hydrogens is 348 g/mol. The molecule has 0 aromatic heterocycles. The molecule has 0 bridgehead atoms. The summed E-state index contributed by atoms with van der Waals surface area (Å²) < 4.78 is 4.63. The minimum Gasteiger partial charge on any atom is -0.465 e. The molecule has 3 rings (SSSR count). The van der Waals surface area contributed by atoms with Gasteiger partial charge in [-0.15, -0.1) is 0 Å². The number of carbonyl (C=O) groups excluding carboxylic acids is 2. The summed E-state index contributed by atoms with van der Waals surface area (Å²) in [5, 5.41) is 11.1. The van der Waals surface area contributed by atoms with Gasteiger partial charge >= 0.3 is 5.97 Å².